The molecule has 1 aliphatic rings. The van der Waals surface area contributed by atoms with E-state index in [0.717, 1.165) is 12.8 Å². The van der Waals surface area contributed by atoms with Crippen LogP contribution in [-0.2, 0) is 4.74 Å². The largest absolute Gasteiger partial charge is 0.444 e. The number of nitrogens with zero attached hydrogens (tertiary/aromatic N) is 2. The number of amides is 1. The number of rotatable bonds is 5. The van der Waals surface area contributed by atoms with E-state index in [0.29, 0.717) is 25.6 Å². The summed E-state index contributed by atoms with van der Waals surface area (Å²) >= 11 is 0. The van der Waals surface area contributed by atoms with Crippen molar-refractivity contribution in [3.8, 4) is 0 Å². The monoisotopic (exact) mass is 536 g/mol. The van der Waals surface area contributed by atoms with Crippen LogP contribution in [0.25, 0.3) is 0 Å². The van der Waals surface area contributed by atoms with Gasteiger partial charge in [0.2, 0.25) is 0 Å². The van der Waals surface area contributed by atoms with E-state index in [-0.39, 0.29) is 48.2 Å². The molecule has 1 aromatic carbocycles. The minimum atomic E-state index is -1.03. The first-order valence-electron chi connectivity index (χ1n) is 10.1. The summed E-state index contributed by atoms with van der Waals surface area (Å²) in [5.41, 5.74) is -0.308. The summed E-state index contributed by atoms with van der Waals surface area (Å²) in [7, 11) is 0. The Kier molecular flexibility index (Phi) is 10.8. The molecule has 0 bridgehead atoms. The number of guanidine groups is 1. The maximum Gasteiger partial charge on any atom is 0.410 e. The molecule has 2 atom stereocenters. The topological polar surface area (TPSA) is 86.2 Å². The summed E-state index contributed by atoms with van der Waals surface area (Å²) in [6, 6.07) is 6.15. The molecule has 2 unspecified atom stereocenters. The Morgan fingerprint density at radius 3 is 2.73 bits per heavy atom. The van der Waals surface area contributed by atoms with Gasteiger partial charge in [0.25, 0.3) is 0 Å². The molecule has 0 saturated carbocycles. The zero-order chi connectivity index (χ0) is 21.4. The van der Waals surface area contributed by atoms with Crippen LogP contribution in [0.15, 0.2) is 29.3 Å². The van der Waals surface area contributed by atoms with E-state index in [2.05, 4.69) is 15.6 Å². The van der Waals surface area contributed by atoms with Crippen molar-refractivity contribution in [2.24, 2.45) is 4.99 Å². The first-order valence-corrected chi connectivity index (χ1v) is 10.1. The quantitative estimate of drug-likeness (QED) is 0.305. The smallest absolute Gasteiger partial charge is 0.410 e. The number of aliphatic hydroxyl groups excluding tert-OH is 1. The van der Waals surface area contributed by atoms with Gasteiger partial charge >= 0.3 is 6.09 Å². The minimum Gasteiger partial charge on any atom is -0.444 e. The summed E-state index contributed by atoms with van der Waals surface area (Å²) in [5.74, 6) is 0.0763. The van der Waals surface area contributed by atoms with E-state index in [1.54, 1.807) is 23.1 Å². The predicted octanol–water partition coefficient (Wildman–Crippen LogP) is 3.43. The molecule has 1 heterocycles. The van der Waals surface area contributed by atoms with Gasteiger partial charge in [0.05, 0.1) is 6.54 Å². The Bertz CT molecular complexity index is 712. The van der Waals surface area contributed by atoms with Gasteiger partial charge in [-0.2, -0.15) is 0 Å². The first kappa shape index (κ1) is 26.4. The molecule has 2 rings (SSSR count). The van der Waals surface area contributed by atoms with Crippen molar-refractivity contribution in [2.45, 2.75) is 58.3 Å². The Hall–Kier alpha value is -1.62. The number of carbonyl (C=O) groups excluding carboxylic acids is 1. The molecule has 0 radical (unpaired) electrons. The van der Waals surface area contributed by atoms with E-state index >= 15 is 0 Å². The van der Waals surface area contributed by atoms with Crippen LogP contribution >= 0.6 is 24.0 Å². The maximum atomic E-state index is 13.8. The Morgan fingerprint density at radius 1 is 1.40 bits per heavy atom. The summed E-state index contributed by atoms with van der Waals surface area (Å²) in [6.07, 6.45) is 0.394. The molecule has 1 fully saturated rings. The highest BCUT2D eigenvalue weighted by Crippen LogP contribution is 2.17. The van der Waals surface area contributed by atoms with E-state index in [4.69, 9.17) is 4.74 Å². The molecule has 1 aromatic rings. The van der Waals surface area contributed by atoms with Crippen LogP contribution in [0.2, 0.25) is 0 Å². The molecular formula is C21H34FIN4O3. The molecule has 7 nitrogen and oxygen atoms in total. The number of hydrogen-bond donors (Lipinski definition) is 3. The second-order valence-corrected chi connectivity index (χ2v) is 8.17. The van der Waals surface area contributed by atoms with Crippen LogP contribution in [0.1, 0.15) is 52.2 Å². The van der Waals surface area contributed by atoms with Gasteiger partial charge in [0, 0.05) is 31.2 Å². The number of carbonyl (C=O) groups is 1. The van der Waals surface area contributed by atoms with Crippen LogP contribution < -0.4 is 10.6 Å². The highest BCUT2D eigenvalue weighted by Gasteiger charge is 2.28. The average Bonchev–Trinajstić information content (AvgIpc) is 2.65. The lowest BCUT2D eigenvalue weighted by molar-refractivity contribution is 0.0193. The Balaban J connectivity index is 0.00000450. The van der Waals surface area contributed by atoms with Crippen molar-refractivity contribution >= 4 is 36.0 Å². The second kappa shape index (κ2) is 12.3. The lowest BCUT2D eigenvalue weighted by atomic mass is 10.1. The van der Waals surface area contributed by atoms with Crippen molar-refractivity contribution in [3.05, 3.63) is 35.6 Å². The average molecular weight is 536 g/mol. The summed E-state index contributed by atoms with van der Waals surface area (Å²) in [4.78, 5) is 18.4. The number of likely N-dealkylation sites (tertiary alicyclic amines) is 1. The van der Waals surface area contributed by atoms with Crippen LogP contribution in [0.4, 0.5) is 9.18 Å². The number of nitrogens with one attached hydrogen (secondary N) is 2. The van der Waals surface area contributed by atoms with Gasteiger partial charge in [-0.3, -0.25) is 4.99 Å². The van der Waals surface area contributed by atoms with Crippen LogP contribution in [0, 0.1) is 5.82 Å². The third kappa shape index (κ3) is 8.63. The fourth-order valence-electron chi connectivity index (χ4n) is 3.12. The molecule has 3 N–H and O–H groups in total. The highest BCUT2D eigenvalue weighted by molar-refractivity contribution is 14.0. The number of piperidine rings is 1. The van der Waals surface area contributed by atoms with Crippen LogP contribution in [-0.4, -0.2) is 59.9 Å². The summed E-state index contributed by atoms with van der Waals surface area (Å²) in [5, 5.41) is 16.7. The van der Waals surface area contributed by atoms with Crippen LogP contribution in [0.5, 0.6) is 0 Å². The maximum absolute atomic E-state index is 13.8. The molecule has 0 spiro atoms. The number of aliphatic hydroxyl groups is 1. The lowest BCUT2D eigenvalue weighted by Gasteiger charge is -2.35. The SMILES string of the molecule is CCNC(=NCC(O)c1ccccc1F)NC1CCCN(C(=O)OC(C)(C)C)C1.I. The number of hydrogen-bond acceptors (Lipinski definition) is 4. The third-order valence-corrected chi connectivity index (χ3v) is 4.44. The number of halogens is 2. The van der Waals surface area contributed by atoms with E-state index in [9.17, 15) is 14.3 Å². The predicted molar refractivity (Wildman–Crippen MR) is 127 cm³/mol. The van der Waals surface area contributed by atoms with Crippen molar-refractivity contribution in [1.29, 1.82) is 0 Å². The molecule has 1 saturated heterocycles. The molecular weight excluding hydrogens is 502 g/mol. The molecule has 0 aromatic heterocycles. The lowest BCUT2D eigenvalue weighted by Crippen LogP contribution is -2.53. The van der Waals surface area contributed by atoms with Gasteiger partial charge in [-0.15, -0.1) is 24.0 Å². The zero-order valence-corrected chi connectivity index (χ0v) is 20.5. The molecule has 9 heteroatoms. The van der Waals surface area contributed by atoms with Crippen molar-refractivity contribution in [2.75, 3.05) is 26.2 Å². The van der Waals surface area contributed by atoms with Gasteiger partial charge in [0.1, 0.15) is 17.5 Å². The van der Waals surface area contributed by atoms with Gasteiger partial charge in [-0.1, -0.05) is 18.2 Å². The summed E-state index contributed by atoms with van der Waals surface area (Å²) in [6.45, 7) is 9.33. The third-order valence-electron chi connectivity index (χ3n) is 4.44. The van der Waals surface area contributed by atoms with Gasteiger partial charge in [-0.25, -0.2) is 9.18 Å². The highest BCUT2D eigenvalue weighted by atomic mass is 127. The minimum absolute atomic E-state index is 0. The molecule has 30 heavy (non-hydrogen) atoms. The van der Waals surface area contributed by atoms with E-state index in [1.807, 2.05) is 27.7 Å². The van der Waals surface area contributed by atoms with E-state index < -0.39 is 17.5 Å². The van der Waals surface area contributed by atoms with Crippen molar-refractivity contribution in [3.63, 3.8) is 0 Å². The van der Waals surface area contributed by atoms with Gasteiger partial charge in [-0.05, 0) is 46.6 Å². The zero-order valence-electron chi connectivity index (χ0n) is 18.2. The van der Waals surface area contributed by atoms with Crippen molar-refractivity contribution in [1.82, 2.24) is 15.5 Å². The Labute approximate surface area is 195 Å². The number of aliphatic imine (C=N–C) groups is 1. The number of ether oxygens (including phenoxy) is 1. The van der Waals surface area contributed by atoms with E-state index in [1.165, 1.54) is 6.07 Å². The van der Waals surface area contributed by atoms with Gasteiger partial charge < -0.3 is 25.4 Å². The fourth-order valence-corrected chi connectivity index (χ4v) is 3.12. The number of benzene rings is 1. The standard InChI is InChI=1S/C21H33FN4O3.HI/c1-5-23-19(24-13-18(27)16-10-6-7-11-17(16)22)25-15-9-8-12-26(14-15)20(28)29-21(2,3)4;/h6-7,10-11,15,18,27H,5,8-9,12-14H2,1-4H3,(H2,23,24,25);1H. The Morgan fingerprint density at radius 2 is 2.10 bits per heavy atom. The van der Waals surface area contributed by atoms with Crippen LogP contribution in [0.3, 0.4) is 0 Å². The second-order valence-electron chi connectivity index (χ2n) is 8.17. The molecule has 0 aliphatic carbocycles. The van der Waals surface area contributed by atoms with Crippen molar-refractivity contribution < 1.29 is 19.0 Å². The summed E-state index contributed by atoms with van der Waals surface area (Å²) < 4.78 is 19.3. The molecule has 170 valence electrons. The fraction of sp³-hybridized carbons (Fsp3) is 0.619. The normalized spacial score (nSPS) is 18.3. The molecule has 1 amide bonds. The molecule has 1 aliphatic heterocycles. The first-order chi connectivity index (χ1) is 13.7. The van der Waals surface area contributed by atoms with Gasteiger partial charge in [0.15, 0.2) is 5.96 Å².